The molecule has 122 valence electrons. The first kappa shape index (κ1) is 21.3. The van der Waals surface area contributed by atoms with Crippen LogP contribution in [0, 0.1) is 6.92 Å². The van der Waals surface area contributed by atoms with Crippen molar-refractivity contribution < 1.29 is 19.4 Å². The second kappa shape index (κ2) is 10.7. The molecule has 0 aliphatic rings. The summed E-state index contributed by atoms with van der Waals surface area (Å²) in [5.74, 6) is -0.793. The fourth-order valence-corrected chi connectivity index (χ4v) is 1.10. The number of hydrogen-bond acceptors (Lipinski definition) is 4. The van der Waals surface area contributed by atoms with Crippen LogP contribution in [0.5, 0.6) is 0 Å². The Morgan fingerprint density at radius 3 is 2.14 bits per heavy atom. The molecule has 0 spiro atoms. The number of hydrogen-bond donors (Lipinski definition) is 2. The molecule has 1 aromatic heterocycles. The number of nitrogens with zero attached hydrogens (tertiary/aromatic N) is 2. The largest absolute Gasteiger partial charge is 0.481 e. The highest BCUT2D eigenvalue weighted by Crippen LogP contribution is 2.04. The highest BCUT2D eigenvalue weighted by Gasteiger charge is 2.12. The Bertz CT molecular complexity index is 422. The Kier molecular flexibility index (Phi) is 10.8. The number of carboxylic acids is 1. The number of rotatable bonds is 3. The number of aliphatic carboxylic acids is 1. The molecule has 0 saturated heterocycles. The lowest BCUT2D eigenvalue weighted by Crippen LogP contribution is -2.27. The summed E-state index contributed by atoms with van der Waals surface area (Å²) in [5.41, 5.74) is 5.32. The van der Waals surface area contributed by atoms with Crippen LogP contribution in [-0.2, 0) is 16.1 Å². The SMILES string of the molecule is CC.CC(C)(C)OC(N)=O.Cc1cnn(CCC(=O)O)c1. The van der Waals surface area contributed by atoms with E-state index < -0.39 is 17.7 Å². The number of aromatic nitrogens is 2. The number of carboxylic acid groups (broad SMARTS) is 1. The molecule has 7 heteroatoms. The number of carbonyl (C=O) groups is 2. The van der Waals surface area contributed by atoms with Gasteiger partial charge < -0.3 is 15.6 Å². The second-order valence-electron chi connectivity index (χ2n) is 4.96. The number of nitrogens with two attached hydrogens (primary N) is 1. The molecule has 7 nitrogen and oxygen atoms in total. The minimum atomic E-state index is -0.793. The normalized spacial score (nSPS) is 9.62. The van der Waals surface area contributed by atoms with Gasteiger partial charge in [-0.25, -0.2) is 4.79 Å². The summed E-state index contributed by atoms with van der Waals surface area (Å²) in [6.45, 7) is 11.7. The minimum Gasteiger partial charge on any atom is -0.481 e. The Labute approximate surface area is 126 Å². The molecule has 1 heterocycles. The maximum Gasteiger partial charge on any atom is 0.405 e. The minimum absolute atomic E-state index is 0.126. The van der Waals surface area contributed by atoms with Crippen molar-refractivity contribution in [1.82, 2.24) is 9.78 Å². The van der Waals surface area contributed by atoms with Crippen molar-refractivity contribution in [2.24, 2.45) is 5.73 Å². The zero-order valence-electron chi connectivity index (χ0n) is 13.7. The Balaban J connectivity index is 0. The van der Waals surface area contributed by atoms with Gasteiger partial charge in [-0.2, -0.15) is 5.10 Å². The van der Waals surface area contributed by atoms with Gasteiger partial charge in [-0.3, -0.25) is 9.48 Å². The van der Waals surface area contributed by atoms with Gasteiger partial charge in [0.1, 0.15) is 5.60 Å². The van der Waals surface area contributed by atoms with Crippen LogP contribution < -0.4 is 5.73 Å². The summed E-state index contributed by atoms with van der Waals surface area (Å²) in [6.07, 6.45) is 2.93. The van der Waals surface area contributed by atoms with Crippen LogP contribution in [0.4, 0.5) is 4.79 Å². The van der Waals surface area contributed by atoms with Crippen molar-refractivity contribution >= 4 is 12.1 Å². The molecule has 1 rings (SSSR count). The first-order chi connectivity index (χ1) is 9.60. The van der Waals surface area contributed by atoms with Crippen molar-refractivity contribution in [2.45, 2.75) is 60.1 Å². The number of ether oxygens (including phenoxy) is 1. The topological polar surface area (TPSA) is 107 Å². The molecule has 0 aliphatic carbocycles. The first-order valence-corrected chi connectivity index (χ1v) is 6.79. The Morgan fingerprint density at radius 2 is 1.90 bits per heavy atom. The average molecular weight is 301 g/mol. The van der Waals surface area contributed by atoms with Gasteiger partial charge in [0.2, 0.25) is 0 Å². The van der Waals surface area contributed by atoms with Crippen LogP contribution in [0.1, 0.15) is 46.6 Å². The zero-order valence-corrected chi connectivity index (χ0v) is 13.7. The van der Waals surface area contributed by atoms with E-state index in [1.54, 1.807) is 31.6 Å². The van der Waals surface area contributed by atoms with E-state index in [9.17, 15) is 9.59 Å². The molecular formula is C14H27N3O4. The third-order valence-corrected chi connectivity index (χ3v) is 1.72. The molecule has 0 aliphatic heterocycles. The predicted octanol–water partition coefficient (Wildman–Crippen LogP) is 2.57. The molecule has 0 aromatic carbocycles. The maximum atomic E-state index is 10.1. The summed E-state index contributed by atoms with van der Waals surface area (Å²) in [4.78, 5) is 20.2. The molecule has 1 aromatic rings. The monoisotopic (exact) mass is 301 g/mol. The fraction of sp³-hybridized carbons (Fsp3) is 0.643. The van der Waals surface area contributed by atoms with E-state index in [0.29, 0.717) is 6.54 Å². The molecule has 0 unspecified atom stereocenters. The van der Waals surface area contributed by atoms with Crippen molar-refractivity contribution in [3.05, 3.63) is 18.0 Å². The van der Waals surface area contributed by atoms with E-state index >= 15 is 0 Å². The molecule has 0 fully saturated rings. The molecular weight excluding hydrogens is 274 g/mol. The van der Waals surface area contributed by atoms with E-state index in [1.807, 2.05) is 27.0 Å². The maximum absolute atomic E-state index is 10.1. The zero-order chi connectivity index (χ0) is 17.1. The summed E-state index contributed by atoms with van der Waals surface area (Å²) < 4.78 is 6.20. The predicted molar refractivity (Wildman–Crippen MR) is 81.0 cm³/mol. The second-order valence-corrected chi connectivity index (χ2v) is 4.96. The van der Waals surface area contributed by atoms with E-state index in [-0.39, 0.29) is 6.42 Å². The van der Waals surface area contributed by atoms with Crippen LogP contribution in [0.25, 0.3) is 0 Å². The lowest BCUT2D eigenvalue weighted by Gasteiger charge is -2.16. The first-order valence-electron chi connectivity index (χ1n) is 6.79. The number of primary amides is 1. The summed E-state index contributed by atoms with van der Waals surface area (Å²) >= 11 is 0. The van der Waals surface area contributed by atoms with Crippen molar-refractivity contribution in [3.8, 4) is 0 Å². The van der Waals surface area contributed by atoms with E-state index in [4.69, 9.17) is 10.8 Å². The van der Waals surface area contributed by atoms with Crippen LogP contribution in [0.15, 0.2) is 12.4 Å². The van der Waals surface area contributed by atoms with Gasteiger partial charge in [0, 0.05) is 6.20 Å². The van der Waals surface area contributed by atoms with Gasteiger partial charge >= 0.3 is 12.1 Å². The van der Waals surface area contributed by atoms with E-state index in [0.717, 1.165) is 5.56 Å². The lowest BCUT2D eigenvalue weighted by atomic mass is 10.2. The lowest BCUT2D eigenvalue weighted by molar-refractivity contribution is -0.137. The number of aryl methyl sites for hydroxylation is 2. The summed E-state index contributed by atoms with van der Waals surface area (Å²) in [6, 6.07) is 0. The van der Waals surface area contributed by atoms with Gasteiger partial charge in [-0.1, -0.05) is 13.8 Å². The number of amides is 1. The quantitative estimate of drug-likeness (QED) is 0.892. The van der Waals surface area contributed by atoms with Crippen LogP contribution in [0.3, 0.4) is 0 Å². The Hall–Kier alpha value is -2.05. The average Bonchev–Trinajstić information content (AvgIpc) is 2.73. The third kappa shape index (κ3) is 15.9. The van der Waals surface area contributed by atoms with Crippen molar-refractivity contribution in [2.75, 3.05) is 0 Å². The van der Waals surface area contributed by atoms with Gasteiger partial charge in [0.15, 0.2) is 0 Å². The van der Waals surface area contributed by atoms with E-state index in [2.05, 4.69) is 9.84 Å². The third-order valence-electron chi connectivity index (χ3n) is 1.72. The molecule has 21 heavy (non-hydrogen) atoms. The Morgan fingerprint density at radius 1 is 1.38 bits per heavy atom. The summed E-state index contributed by atoms with van der Waals surface area (Å²) in [7, 11) is 0. The molecule has 0 radical (unpaired) electrons. The van der Waals surface area contributed by atoms with Crippen LogP contribution in [-0.4, -0.2) is 32.6 Å². The molecule has 3 N–H and O–H groups in total. The van der Waals surface area contributed by atoms with E-state index in [1.165, 1.54) is 0 Å². The number of carbonyl (C=O) groups excluding carboxylic acids is 1. The molecule has 1 amide bonds. The van der Waals surface area contributed by atoms with Gasteiger partial charge in [0.05, 0.1) is 19.2 Å². The van der Waals surface area contributed by atoms with Crippen molar-refractivity contribution in [3.63, 3.8) is 0 Å². The molecule has 0 saturated carbocycles. The summed E-state index contributed by atoms with van der Waals surface area (Å²) in [5, 5.41) is 12.3. The fourth-order valence-electron chi connectivity index (χ4n) is 1.10. The highest BCUT2D eigenvalue weighted by atomic mass is 16.6. The van der Waals surface area contributed by atoms with Gasteiger partial charge in [-0.05, 0) is 33.3 Å². The highest BCUT2D eigenvalue weighted by molar-refractivity contribution is 5.66. The standard InChI is InChI=1S/C7H10N2O2.C5H11NO2.C2H6/c1-6-4-8-9(5-6)3-2-7(10)11;1-5(2,3)8-4(6)7;1-2/h4-5H,2-3H2,1H3,(H,10,11);1-3H3,(H2,6,7);1-2H3. The van der Waals surface area contributed by atoms with Gasteiger partial charge in [-0.15, -0.1) is 0 Å². The van der Waals surface area contributed by atoms with Crippen LogP contribution >= 0.6 is 0 Å². The van der Waals surface area contributed by atoms with Gasteiger partial charge in [0.25, 0.3) is 0 Å². The van der Waals surface area contributed by atoms with Crippen LogP contribution in [0.2, 0.25) is 0 Å². The molecule has 0 bridgehead atoms. The molecule has 0 atom stereocenters. The van der Waals surface area contributed by atoms with Crippen molar-refractivity contribution in [1.29, 1.82) is 0 Å². The smallest absolute Gasteiger partial charge is 0.405 e.